The molecule has 0 N–H and O–H groups in total. The van der Waals surface area contributed by atoms with Gasteiger partial charge in [-0.1, -0.05) is 35.9 Å². The molecule has 0 aliphatic heterocycles. The molecule has 0 aliphatic carbocycles. The molecule has 34 heavy (non-hydrogen) atoms. The smallest absolute Gasteiger partial charge is 0.331 e. The van der Waals surface area contributed by atoms with Gasteiger partial charge in [-0.15, -0.1) is 11.3 Å². The molecule has 0 unspecified atom stereocenters. The van der Waals surface area contributed by atoms with Gasteiger partial charge in [0.25, 0.3) is 0 Å². The normalized spacial score (nSPS) is 11.1. The number of hydrogen-bond donors (Lipinski definition) is 0. The summed E-state index contributed by atoms with van der Waals surface area (Å²) in [6, 6.07) is 13.1. The van der Waals surface area contributed by atoms with Crippen molar-refractivity contribution in [3.05, 3.63) is 76.3 Å². The molecule has 0 radical (unpaired) electrons. The standard InChI is InChI=1S/C25H25N3O5S/c1-17-5-7-20(8-6-17)14-26-28(18(2)29)25-27-21(16-34-25)15-33-24(30)12-10-19-9-11-22(31-3)23(13-19)32-4/h5-14,16H,15H2,1-4H3/b12-10+,26-14-. The maximum absolute atomic E-state index is 12.1. The summed E-state index contributed by atoms with van der Waals surface area (Å²) in [7, 11) is 3.10. The first-order valence-corrected chi connectivity index (χ1v) is 11.2. The average Bonchev–Trinajstić information content (AvgIpc) is 3.30. The molecule has 0 saturated carbocycles. The number of ether oxygens (including phenoxy) is 3. The first-order chi connectivity index (χ1) is 16.4. The summed E-state index contributed by atoms with van der Waals surface area (Å²) in [5, 5.41) is 7.59. The Kier molecular flexibility index (Phi) is 8.53. The number of carbonyl (C=O) groups excluding carboxylic acids is 2. The van der Waals surface area contributed by atoms with Crippen LogP contribution in [0.2, 0.25) is 0 Å². The van der Waals surface area contributed by atoms with Crippen LogP contribution < -0.4 is 14.5 Å². The number of aryl methyl sites for hydroxylation is 1. The SMILES string of the molecule is COc1ccc(/C=C/C(=O)OCc2csc(N(/N=C\c3ccc(C)cc3)C(C)=O)n2)cc1OC. The van der Waals surface area contributed by atoms with Crippen LogP contribution in [0.15, 0.2) is 59.0 Å². The van der Waals surface area contributed by atoms with Gasteiger partial charge in [0.1, 0.15) is 6.61 Å². The predicted molar refractivity (Wildman–Crippen MR) is 132 cm³/mol. The van der Waals surface area contributed by atoms with E-state index in [2.05, 4.69) is 10.1 Å². The van der Waals surface area contributed by atoms with Crippen LogP contribution in [-0.2, 0) is 20.9 Å². The highest BCUT2D eigenvalue weighted by Crippen LogP contribution is 2.28. The van der Waals surface area contributed by atoms with Crippen molar-refractivity contribution < 1.29 is 23.8 Å². The van der Waals surface area contributed by atoms with Crippen LogP contribution in [0.25, 0.3) is 6.08 Å². The van der Waals surface area contributed by atoms with Crippen molar-refractivity contribution in [1.29, 1.82) is 0 Å². The molecule has 8 nitrogen and oxygen atoms in total. The first kappa shape index (κ1) is 24.7. The lowest BCUT2D eigenvalue weighted by Gasteiger charge is -2.10. The lowest BCUT2D eigenvalue weighted by Crippen LogP contribution is -2.22. The maximum atomic E-state index is 12.1. The number of rotatable bonds is 9. The number of anilines is 1. The summed E-state index contributed by atoms with van der Waals surface area (Å²) in [6.45, 7) is 3.38. The Bertz CT molecular complexity index is 1200. The fourth-order valence-corrected chi connectivity index (χ4v) is 3.62. The van der Waals surface area contributed by atoms with E-state index in [1.807, 2.05) is 31.2 Å². The number of amides is 1. The molecule has 1 heterocycles. The van der Waals surface area contributed by atoms with E-state index in [1.54, 1.807) is 50.1 Å². The van der Waals surface area contributed by atoms with E-state index < -0.39 is 5.97 Å². The van der Waals surface area contributed by atoms with Crippen LogP contribution in [0.4, 0.5) is 5.13 Å². The molecule has 1 aromatic heterocycles. The number of aromatic nitrogens is 1. The summed E-state index contributed by atoms with van der Waals surface area (Å²) in [6.07, 6.45) is 4.54. The molecule has 9 heteroatoms. The topological polar surface area (TPSA) is 90.3 Å². The third-order valence-corrected chi connectivity index (χ3v) is 5.47. The van der Waals surface area contributed by atoms with Crippen LogP contribution in [0.1, 0.15) is 29.3 Å². The molecule has 3 aromatic rings. The Morgan fingerprint density at radius 1 is 1.06 bits per heavy atom. The number of carbonyl (C=O) groups is 2. The Morgan fingerprint density at radius 2 is 1.76 bits per heavy atom. The second kappa shape index (κ2) is 11.8. The zero-order valence-corrected chi connectivity index (χ0v) is 20.2. The number of benzene rings is 2. The Hall–Kier alpha value is -3.98. The molecule has 176 valence electrons. The van der Waals surface area contributed by atoms with Gasteiger partial charge in [-0.25, -0.2) is 9.78 Å². The van der Waals surface area contributed by atoms with Gasteiger partial charge < -0.3 is 14.2 Å². The Morgan fingerprint density at radius 3 is 2.44 bits per heavy atom. The highest BCUT2D eigenvalue weighted by atomic mass is 32.1. The van der Waals surface area contributed by atoms with Gasteiger partial charge in [-0.2, -0.15) is 10.1 Å². The molecule has 0 spiro atoms. The molecule has 2 aromatic carbocycles. The van der Waals surface area contributed by atoms with Gasteiger partial charge in [0.2, 0.25) is 11.0 Å². The van der Waals surface area contributed by atoms with Gasteiger partial charge in [-0.05, 0) is 36.3 Å². The van der Waals surface area contributed by atoms with Crippen molar-refractivity contribution in [1.82, 2.24) is 4.98 Å². The van der Waals surface area contributed by atoms with Crippen LogP contribution in [-0.4, -0.2) is 37.3 Å². The molecular weight excluding hydrogens is 454 g/mol. The average molecular weight is 480 g/mol. The lowest BCUT2D eigenvalue weighted by atomic mass is 10.2. The van der Waals surface area contributed by atoms with Crippen LogP contribution in [0.3, 0.4) is 0 Å². The third-order valence-electron chi connectivity index (χ3n) is 4.60. The zero-order chi connectivity index (χ0) is 24.5. The molecule has 3 rings (SSSR count). The number of esters is 1. The van der Waals surface area contributed by atoms with Crippen molar-refractivity contribution in [2.75, 3.05) is 19.2 Å². The van der Waals surface area contributed by atoms with E-state index in [0.717, 1.165) is 16.7 Å². The molecule has 0 saturated heterocycles. The predicted octanol–water partition coefficient (Wildman–Crippen LogP) is 4.61. The van der Waals surface area contributed by atoms with Crippen molar-refractivity contribution in [2.24, 2.45) is 5.10 Å². The van der Waals surface area contributed by atoms with E-state index in [4.69, 9.17) is 14.2 Å². The monoisotopic (exact) mass is 479 g/mol. The van der Waals surface area contributed by atoms with E-state index in [-0.39, 0.29) is 12.5 Å². The molecule has 0 aliphatic rings. The minimum atomic E-state index is -0.523. The van der Waals surface area contributed by atoms with E-state index in [1.165, 1.54) is 29.3 Å². The van der Waals surface area contributed by atoms with Crippen molar-refractivity contribution in [2.45, 2.75) is 20.5 Å². The number of hydrazone groups is 1. The second-order valence-corrected chi connectivity index (χ2v) is 8.00. The first-order valence-electron chi connectivity index (χ1n) is 10.3. The maximum Gasteiger partial charge on any atom is 0.331 e. The zero-order valence-electron chi connectivity index (χ0n) is 19.3. The van der Waals surface area contributed by atoms with E-state index in [9.17, 15) is 9.59 Å². The van der Waals surface area contributed by atoms with Gasteiger partial charge in [0.05, 0.1) is 26.1 Å². The minimum absolute atomic E-state index is 0.0287. The minimum Gasteiger partial charge on any atom is -0.493 e. The lowest BCUT2D eigenvalue weighted by molar-refractivity contribution is -0.139. The summed E-state index contributed by atoms with van der Waals surface area (Å²) >= 11 is 1.24. The largest absolute Gasteiger partial charge is 0.493 e. The van der Waals surface area contributed by atoms with Crippen molar-refractivity contribution >= 4 is 40.6 Å². The Labute approximate surface area is 202 Å². The van der Waals surface area contributed by atoms with Gasteiger partial charge in [0, 0.05) is 18.4 Å². The summed E-state index contributed by atoms with van der Waals surface area (Å²) in [5.41, 5.74) is 3.28. The molecular formula is C25H25N3O5S. The number of hydrogen-bond acceptors (Lipinski definition) is 8. The summed E-state index contributed by atoms with van der Waals surface area (Å²) in [5.74, 6) is 0.363. The Balaban J connectivity index is 1.60. The molecule has 1 amide bonds. The van der Waals surface area contributed by atoms with E-state index >= 15 is 0 Å². The molecule has 0 fully saturated rings. The van der Waals surface area contributed by atoms with Crippen LogP contribution >= 0.6 is 11.3 Å². The van der Waals surface area contributed by atoms with E-state index in [0.29, 0.717) is 22.3 Å². The van der Waals surface area contributed by atoms with Crippen molar-refractivity contribution in [3.8, 4) is 11.5 Å². The van der Waals surface area contributed by atoms with Gasteiger partial charge >= 0.3 is 5.97 Å². The number of nitrogens with zero attached hydrogens (tertiary/aromatic N) is 3. The quantitative estimate of drug-likeness (QED) is 0.193. The van der Waals surface area contributed by atoms with Crippen LogP contribution in [0, 0.1) is 6.92 Å². The summed E-state index contributed by atoms with van der Waals surface area (Å²) in [4.78, 5) is 28.6. The third kappa shape index (κ3) is 6.76. The molecule has 0 atom stereocenters. The highest BCUT2D eigenvalue weighted by molar-refractivity contribution is 7.14. The summed E-state index contributed by atoms with van der Waals surface area (Å²) < 4.78 is 15.7. The number of thiazole rings is 1. The second-order valence-electron chi connectivity index (χ2n) is 7.16. The van der Waals surface area contributed by atoms with Gasteiger partial charge in [0.15, 0.2) is 11.5 Å². The number of methoxy groups -OCH3 is 2. The fraction of sp³-hybridized carbons (Fsp3) is 0.200. The highest BCUT2D eigenvalue weighted by Gasteiger charge is 2.15. The van der Waals surface area contributed by atoms with Gasteiger partial charge in [-0.3, -0.25) is 4.79 Å². The van der Waals surface area contributed by atoms with Crippen molar-refractivity contribution in [3.63, 3.8) is 0 Å². The molecule has 0 bridgehead atoms. The fourth-order valence-electron chi connectivity index (χ4n) is 2.82. The van der Waals surface area contributed by atoms with Crippen LogP contribution in [0.5, 0.6) is 11.5 Å².